The molecule has 0 saturated carbocycles. The molecule has 2 aromatic heterocycles. The molecule has 16 heteroatoms. The number of hydrogen-bond donors (Lipinski definition) is 5. The summed E-state index contributed by atoms with van der Waals surface area (Å²) in [6.45, 7) is 10.8. The molecule has 2 unspecified atom stereocenters. The molecule has 3 amide bonds. The van der Waals surface area contributed by atoms with Crippen molar-refractivity contribution in [2.24, 2.45) is 5.92 Å². The zero-order chi connectivity index (χ0) is 43.9. The number of benzene rings is 2. The average Bonchev–Trinajstić information content (AvgIpc) is 4.05. The smallest absolute Gasteiger partial charge is 0.407 e. The topological polar surface area (TPSA) is 202 Å². The Morgan fingerprint density at radius 1 is 0.933 bits per heavy atom. The van der Waals surface area contributed by atoms with Crippen molar-refractivity contribution in [3.63, 3.8) is 0 Å². The highest BCUT2D eigenvalue weighted by atomic mass is 16.5. The van der Waals surface area contributed by atoms with Crippen LogP contribution in [0.2, 0.25) is 0 Å². The molecule has 5 N–H and O–H groups in total. The van der Waals surface area contributed by atoms with Crippen molar-refractivity contribution < 1.29 is 38.1 Å². The van der Waals surface area contributed by atoms with Gasteiger partial charge in [0, 0.05) is 37.7 Å². The van der Waals surface area contributed by atoms with Crippen LogP contribution < -0.4 is 20.7 Å². The Kier molecular flexibility index (Phi) is 21.4. The second-order valence-electron chi connectivity index (χ2n) is 14.5. The van der Waals surface area contributed by atoms with Gasteiger partial charge in [0.15, 0.2) is 0 Å². The molecule has 328 valence electrons. The number of aryl methyl sites for hydroxylation is 1. The third-order valence-corrected chi connectivity index (χ3v) is 9.41. The number of alkyl carbamates (subject to hydrolysis) is 1. The first kappa shape index (κ1) is 48.6. The zero-order valence-corrected chi connectivity index (χ0v) is 36.4. The Hall–Kier alpha value is -5.74. The first-order valence-electron chi connectivity index (χ1n) is 20.5. The number of imidazole rings is 2. The monoisotopic (exact) mass is 832 g/mol. The maximum Gasteiger partial charge on any atom is 0.407 e. The van der Waals surface area contributed by atoms with E-state index < -0.39 is 12.1 Å². The summed E-state index contributed by atoms with van der Waals surface area (Å²) in [5.41, 5.74) is 5.60. The highest BCUT2D eigenvalue weighted by Crippen LogP contribution is 2.36. The first-order chi connectivity index (χ1) is 29.0. The van der Waals surface area contributed by atoms with Crippen LogP contribution in [0.4, 0.5) is 4.79 Å². The van der Waals surface area contributed by atoms with Gasteiger partial charge in [-0.15, -0.1) is 0 Å². The van der Waals surface area contributed by atoms with Crippen LogP contribution in [-0.2, 0) is 35.0 Å². The summed E-state index contributed by atoms with van der Waals surface area (Å²) in [5.74, 6) is 2.10. The summed E-state index contributed by atoms with van der Waals surface area (Å²) >= 11 is 0. The number of aromatic amines is 2. The predicted molar refractivity (Wildman–Crippen MR) is 231 cm³/mol. The van der Waals surface area contributed by atoms with Crippen molar-refractivity contribution in [2.45, 2.75) is 78.3 Å². The maximum absolute atomic E-state index is 13.6. The summed E-state index contributed by atoms with van der Waals surface area (Å²) in [5, 5.41) is 8.45. The summed E-state index contributed by atoms with van der Waals surface area (Å²) in [7, 11) is 6.00. The molecular weight excluding hydrogens is 769 g/mol. The SMILES string of the molecule is CCC.CNCC(=O)NCCCCc1ncc(-c2ccc(-c3ccc(-c4cnc(C5CCCN5C(=O)C(NC(=O)OC)C(C)C)[nH]4)cc3)c(OCCOC)c2)[nH]1.COC=O. The lowest BCUT2D eigenvalue weighted by atomic mass is 10.00. The molecule has 1 aliphatic rings. The number of nitrogens with one attached hydrogen (secondary N) is 5. The van der Waals surface area contributed by atoms with Gasteiger partial charge in [0.25, 0.3) is 6.47 Å². The van der Waals surface area contributed by atoms with E-state index in [2.05, 4.69) is 78.7 Å². The standard InChI is InChI=1S/C39H52N8O6.C3H8.C2H4O2/c1-25(2)36(46-39(50)52-5)38(49)47-18-8-9-32(47)37-43-23-30(45-37)27-13-11-26(12-14-27)29-16-15-28(21-33(29)53-20-19-51-4)31-22-42-34(44-31)10-6-7-17-41-35(48)24-40-3;1-3-2;1-4-2-3/h11-16,21-23,25,32,36,40H,6-10,17-20,24H2,1-5H3,(H,41,48)(H,42,44)(H,43,45)(H,46,50);3H2,1-2H3;2H,1H3. The van der Waals surface area contributed by atoms with Gasteiger partial charge in [0.1, 0.15) is 30.0 Å². The molecular formula is C44H64N8O8. The molecule has 0 radical (unpaired) electrons. The van der Waals surface area contributed by atoms with E-state index in [4.69, 9.17) is 19.0 Å². The molecule has 1 aliphatic heterocycles. The molecule has 16 nitrogen and oxygen atoms in total. The molecule has 0 aliphatic carbocycles. The van der Waals surface area contributed by atoms with Crippen molar-refractivity contribution in [1.29, 1.82) is 0 Å². The lowest BCUT2D eigenvalue weighted by Crippen LogP contribution is -2.51. The molecule has 60 heavy (non-hydrogen) atoms. The summed E-state index contributed by atoms with van der Waals surface area (Å²) in [4.78, 5) is 64.1. The Balaban J connectivity index is 0.00000128. The van der Waals surface area contributed by atoms with Crippen molar-refractivity contribution in [3.05, 3.63) is 66.5 Å². The number of nitrogens with zero attached hydrogens (tertiary/aromatic N) is 3. The maximum atomic E-state index is 13.6. The van der Waals surface area contributed by atoms with E-state index in [1.807, 2.05) is 43.1 Å². The molecule has 0 spiro atoms. The largest absolute Gasteiger partial charge is 0.491 e. The number of likely N-dealkylation sites (N-methyl/N-ethyl adjacent to an activating group) is 1. The normalized spacial score (nSPS) is 13.6. The van der Waals surface area contributed by atoms with Gasteiger partial charge in [-0.2, -0.15) is 0 Å². The summed E-state index contributed by atoms with van der Waals surface area (Å²) in [6.07, 6.45) is 8.45. The lowest BCUT2D eigenvalue weighted by Gasteiger charge is -2.30. The molecule has 2 atom stereocenters. The fourth-order valence-electron chi connectivity index (χ4n) is 6.46. The van der Waals surface area contributed by atoms with E-state index in [9.17, 15) is 14.4 Å². The van der Waals surface area contributed by atoms with E-state index >= 15 is 0 Å². The number of ether oxygens (including phenoxy) is 4. The van der Waals surface area contributed by atoms with Gasteiger partial charge < -0.3 is 49.8 Å². The van der Waals surface area contributed by atoms with Crippen LogP contribution >= 0.6 is 0 Å². The highest BCUT2D eigenvalue weighted by Gasteiger charge is 2.37. The zero-order valence-electron chi connectivity index (χ0n) is 36.4. The lowest BCUT2D eigenvalue weighted by molar-refractivity contribution is -0.135. The van der Waals surface area contributed by atoms with Crippen molar-refractivity contribution >= 4 is 24.4 Å². The Bertz CT molecular complexity index is 1890. The van der Waals surface area contributed by atoms with Crippen LogP contribution in [0.1, 0.15) is 77.5 Å². The summed E-state index contributed by atoms with van der Waals surface area (Å²) in [6, 6.07) is 13.4. The molecule has 4 aromatic rings. The van der Waals surface area contributed by atoms with Crippen LogP contribution in [0.5, 0.6) is 5.75 Å². The molecule has 0 bridgehead atoms. The third kappa shape index (κ3) is 14.8. The van der Waals surface area contributed by atoms with E-state index in [0.717, 1.165) is 83.1 Å². The predicted octanol–water partition coefficient (Wildman–Crippen LogP) is 6.07. The first-order valence-corrected chi connectivity index (χ1v) is 20.5. The Morgan fingerprint density at radius 3 is 2.25 bits per heavy atom. The number of unbranched alkanes of at least 4 members (excludes halogenated alkanes) is 1. The van der Waals surface area contributed by atoms with Crippen molar-refractivity contribution in [3.8, 4) is 39.4 Å². The van der Waals surface area contributed by atoms with Gasteiger partial charge in [-0.1, -0.05) is 64.4 Å². The summed E-state index contributed by atoms with van der Waals surface area (Å²) < 4.78 is 20.1. The second kappa shape index (κ2) is 26.4. The number of rotatable bonds is 19. The van der Waals surface area contributed by atoms with Gasteiger partial charge in [-0.25, -0.2) is 14.8 Å². The van der Waals surface area contributed by atoms with E-state index in [1.54, 1.807) is 20.4 Å². The number of hydrogen-bond acceptors (Lipinski definition) is 11. The minimum atomic E-state index is -0.689. The average molecular weight is 833 g/mol. The number of carbonyl (C=O) groups excluding carboxylic acids is 4. The van der Waals surface area contributed by atoms with E-state index in [0.29, 0.717) is 39.3 Å². The quantitative estimate of drug-likeness (QED) is 0.0543. The minimum absolute atomic E-state index is 0.00171. The van der Waals surface area contributed by atoms with Crippen LogP contribution in [0, 0.1) is 5.92 Å². The van der Waals surface area contributed by atoms with Gasteiger partial charge in [-0.3, -0.25) is 14.4 Å². The fraction of sp³-hybridized carbons (Fsp3) is 0.500. The van der Waals surface area contributed by atoms with E-state index in [1.165, 1.54) is 20.6 Å². The Labute approximate surface area is 353 Å². The number of aromatic nitrogens is 4. The van der Waals surface area contributed by atoms with Crippen LogP contribution in [0.15, 0.2) is 54.9 Å². The number of methoxy groups -OCH3 is 3. The van der Waals surface area contributed by atoms with Crippen LogP contribution in [0.3, 0.4) is 0 Å². The molecule has 5 rings (SSSR count). The molecule has 3 heterocycles. The Morgan fingerprint density at radius 2 is 1.60 bits per heavy atom. The van der Waals surface area contributed by atoms with E-state index in [-0.39, 0.29) is 23.8 Å². The van der Waals surface area contributed by atoms with Crippen molar-refractivity contribution in [2.75, 3.05) is 61.2 Å². The number of likely N-dealkylation sites (tertiary alicyclic amines) is 1. The fourth-order valence-corrected chi connectivity index (χ4v) is 6.46. The van der Waals surface area contributed by atoms with Gasteiger partial charge in [0.2, 0.25) is 11.8 Å². The molecule has 1 saturated heterocycles. The number of amides is 3. The number of carbonyl (C=O) groups is 4. The number of H-pyrrole nitrogens is 2. The van der Waals surface area contributed by atoms with Gasteiger partial charge in [-0.05, 0) is 61.9 Å². The van der Waals surface area contributed by atoms with Crippen LogP contribution in [-0.4, -0.2) is 116 Å². The second-order valence-corrected chi connectivity index (χ2v) is 14.5. The molecule has 1 fully saturated rings. The highest BCUT2D eigenvalue weighted by molar-refractivity contribution is 5.86. The third-order valence-electron chi connectivity index (χ3n) is 9.41. The van der Waals surface area contributed by atoms with Crippen molar-refractivity contribution in [1.82, 2.24) is 40.8 Å². The molecule has 2 aromatic carbocycles. The van der Waals surface area contributed by atoms with Gasteiger partial charge in [0.05, 0.1) is 57.2 Å². The minimum Gasteiger partial charge on any atom is -0.491 e. The van der Waals surface area contributed by atoms with Crippen LogP contribution in [0.25, 0.3) is 33.6 Å². The van der Waals surface area contributed by atoms with Gasteiger partial charge >= 0.3 is 6.09 Å².